The number of ether oxygens (including phenoxy) is 2. The van der Waals surface area contributed by atoms with Gasteiger partial charge in [-0.2, -0.15) is 0 Å². The molecule has 2 aliphatic heterocycles. The summed E-state index contributed by atoms with van der Waals surface area (Å²) in [5.41, 5.74) is 1.07. The maximum absolute atomic E-state index is 11.6. The number of halogens is 1. The second-order valence-electron chi connectivity index (χ2n) is 7.64. The number of benzene rings is 1. The summed E-state index contributed by atoms with van der Waals surface area (Å²) in [5, 5.41) is 6.78. The smallest absolute Gasteiger partial charge is 0.191 e. The highest BCUT2D eigenvalue weighted by Crippen LogP contribution is 2.30. The van der Waals surface area contributed by atoms with Gasteiger partial charge in [-0.15, -0.1) is 24.0 Å². The first-order valence-electron chi connectivity index (χ1n) is 10.2. The first kappa shape index (κ1) is 24.8. The van der Waals surface area contributed by atoms with E-state index in [1.165, 1.54) is 0 Å². The van der Waals surface area contributed by atoms with Crippen molar-refractivity contribution in [2.75, 3.05) is 56.8 Å². The summed E-state index contributed by atoms with van der Waals surface area (Å²) < 4.78 is 34.1. The van der Waals surface area contributed by atoms with E-state index in [1.807, 2.05) is 25.1 Å². The lowest BCUT2D eigenvalue weighted by atomic mass is 10.1. The zero-order valence-electron chi connectivity index (χ0n) is 17.9. The van der Waals surface area contributed by atoms with Crippen LogP contribution in [0.5, 0.6) is 11.5 Å². The molecular weight excluding hydrogens is 519 g/mol. The highest BCUT2D eigenvalue weighted by molar-refractivity contribution is 14.0. The molecule has 2 saturated heterocycles. The van der Waals surface area contributed by atoms with Crippen LogP contribution < -0.4 is 25.0 Å². The molecule has 0 amide bonds. The molecule has 10 heteroatoms. The van der Waals surface area contributed by atoms with Crippen LogP contribution >= 0.6 is 24.0 Å². The molecule has 170 valence electrons. The van der Waals surface area contributed by atoms with Gasteiger partial charge in [0.1, 0.15) is 11.5 Å². The zero-order chi connectivity index (χ0) is 20.9. The number of rotatable bonds is 7. The molecule has 0 bridgehead atoms. The van der Waals surface area contributed by atoms with Gasteiger partial charge < -0.3 is 25.0 Å². The number of anilines is 1. The van der Waals surface area contributed by atoms with Crippen LogP contribution in [0, 0.1) is 5.92 Å². The van der Waals surface area contributed by atoms with Crippen molar-refractivity contribution in [3.05, 3.63) is 18.2 Å². The van der Waals surface area contributed by atoms with E-state index >= 15 is 0 Å². The average Bonchev–Trinajstić information content (AvgIpc) is 3.31. The minimum atomic E-state index is -2.86. The summed E-state index contributed by atoms with van der Waals surface area (Å²) in [4.78, 5) is 6.95. The molecule has 2 unspecified atom stereocenters. The fourth-order valence-electron chi connectivity index (χ4n) is 3.84. The van der Waals surface area contributed by atoms with Crippen LogP contribution in [0.15, 0.2) is 23.2 Å². The lowest BCUT2D eigenvalue weighted by Gasteiger charge is -2.21. The summed E-state index contributed by atoms with van der Waals surface area (Å²) in [6.45, 7) is 5.10. The molecular formula is C20H33IN4O4S. The molecule has 1 aromatic rings. The van der Waals surface area contributed by atoms with Crippen molar-refractivity contribution < 1.29 is 17.9 Å². The lowest BCUT2D eigenvalue weighted by Crippen LogP contribution is -2.44. The Hall–Kier alpha value is -1.43. The monoisotopic (exact) mass is 552 g/mol. The Morgan fingerprint density at radius 2 is 1.90 bits per heavy atom. The Labute approximate surface area is 196 Å². The van der Waals surface area contributed by atoms with Gasteiger partial charge >= 0.3 is 0 Å². The van der Waals surface area contributed by atoms with Crippen LogP contribution in [0.3, 0.4) is 0 Å². The molecule has 0 aromatic heterocycles. The minimum Gasteiger partial charge on any atom is -0.497 e. The van der Waals surface area contributed by atoms with E-state index in [9.17, 15) is 8.42 Å². The molecule has 30 heavy (non-hydrogen) atoms. The first-order valence-corrected chi connectivity index (χ1v) is 12.0. The van der Waals surface area contributed by atoms with Crippen LogP contribution in [-0.4, -0.2) is 72.3 Å². The predicted octanol–water partition coefficient (Wildman–Crippen LogP) is 1.89. The van der Waals surface area contributed by atoms with Crippen molar-refractivity contribution in [1.29, 1.82) is 0 Å². The largest absolute Gasteiger partial charge is 0.497 e. The molecule has 8 nitrogen and oxygen atoms in total. The van der Waals surface area contributed by atoms with Crippen molar-refractivity contribution in [3.63, 3.8) is 0 Å². The Morgan fingerprint density at radius 3 is 2.47 bits per heavy atom. The van der Waals surface area contributed by atoms with Crippen molar-refractivity contribution in [3.8, 4) is 11.5 Å². The van der Waals surface area contributed by atoms with Gasteiger partial charge in [0.2, 0.25) is 0 Å². The highest BCUT2D eigenvalue weighted by Gasteiger charge is 2.28. The van der Waals surface area contributed by atoms with E-state index in [0.717, 1.165) is 49.2 Å². The van der Waals surface area contributed by atoms with E-state index in [4.69, 9.17) is 9.47 Å². The molecule has 2 atom stereocenters. The van der Waals surface area contributed by atoms with Crippen molar-refractivity contribution in [1.82, 2.24) is 10.6 Å². The van der Waals surface area contributed by atoms with Crippen LogP contribution in [0.2, 0.25) is 0 Å². The quantitative estimate of drug-likeness (QED) is 0.303. The molecule has 3 rings (SSSR count). The number of guanidine groups is 1. The summed E-state index contributed by atoms with van der Waals surface area (Å²) in [5.74, 6) is 2.98. The van der Waals surface area contributed by atoms with Gasteiger partial charge in [0.05, 0.1) is 25.7 Å². The molecule has 1 aromatic carbocycles. The van der Waals surface area contributed by atoms with Crippen molar-refractivity contribution in [2.24, 2.45) is 10.9 Å². The number of hydrogen-bond donors (Lipinski definition) is 2. The van der Waals surface area contributed by atoms with Crippen LogP contribution in [0.1, 0.15) is 19.8 Å². The second kappa shape index (κ2) is 11.3. The molecule has 0 spiro atoms. The number of hydrogen-bond acceptors (Lipinski definition) is 6. The maximum Gasteiger partial charge on any atom is 0.191 e. The first-order chi connectivity index (χ1) is 13.9. The number of nitrogens with zero attached hydrogens (tertiary/aromatic N) is 2. The normalized spacial score (nSPS) is 23.0. The molecule has 2 heterocycles. The third-order valence-corrected chi connectivity index (χ3v) is 7.25. The topological polar surface area (TPSA) is 92.3 Å². The number of sulfone groups is 1. The van der Waals surface area contributed by atoms with Crippen LogP contribution in [-0.2, 0) is 9.84 Å². The zero-order valence-corrected chi connectivity index (χ0v) is 21.0. The van der Waals surface area contributed by atoms with E-state index < -0.39 is 9.84 Å². The van der Waals surface area contributed by atoms with Crippen molar-refractivity contribution in [2.45, 2.75) is 25.8 Å². The Bertz CT molecular complexity index is 812. The van der Waals surface area contributed by atoms with Crippen LogP contribution in [0.25, 0.3) is 0 Å². The Morgan fingerprint density at radius 1 is 1.20 bits per heavy atom. The number of aliphatic imine (C=N–C) groups is 1. The van der Waals surface area contributed by atoms with Crippen molar-refractivity contribution >= 4 is 45.5 Å². The predicted molar refractivity (Wildman–Crippen MR) is 131 cm³/mol. The van der Waals surface area contributed by atoms with Gasteiger partial charge in [0.25, 0.3) is 0 Å². The van der Waals surface area contributed by atoms with Gasteiger partial charge in [-0.1, -0.05) is 0 Å². The fraction of sp³-hybridized carbons (Fsp3) is 0.650. The lowest BCUT2D eigenvalue weighted by molar-refractivity contribution is 0.394. The van der Waals surface area contributed by atoms with Gasteiger partial charge in [0.15, 0.2) is 15.8 Å². The van der Waals surface area contributed by atoms with Crippen LogP contribution in [0.4, 0.5) is 5.69 Å². The number of nitrogens with one attached hydrogen (secondary N) is 2. The summed E-state index contributed by atoms with van der Waals surface area (Å²) in [7, 11) is 0.444. The Balaban J connectivity index is 0.00000320. The van der Waals surface area contributed by atoms with Gasteiger partial charge in [-0.05, 0) is 25.7 Å². The molecule has 2 fully saturated rings. The third-order valence-electron chi connectivity index (χ3n) is 5.41. The summed E-state index contributed by atoms with van der Waals surface area (Å²) in [6, 6.07) is 6.17. The summed E-state index contributed by atoms with van der Waals surface area (Å²) in [6.07, 6.45) is 1.70. The minimum absolute atomic E-state index is 0. The molecule has 2 aliphatic rings. The highest BCUT2D eigenvalue weighted by atomic mass is 127. The molecule has 0 radical (unpaired) electrons. The van der Waals surface area contributed by atoms with Gasteiger partial charge in [-0.25, -0.2) is 8.42 Å². The van der Waals surface area contributed by atoms with E-state index in [0.29, 0.717) is 18.7 Å². The maximum atomic E-state index is 11.6. The van der Waals surface area contributed by atoms with Gasteiger partial charge in [0, 0.05) is 56.1 Å². The average molecular weight is 552 g/mol. The van der Waals surface area contributed by atoms with E-state index in [-0.39, 0.29) is 41.7 Å². The fourth-order valence-corrected chi connectivity index (χ4v) is 5.69. The second-order valence-corrected chi connectivity index (χ2v) is 9.86. The van der Waals surface area contributed by atoms with E-state index in [1.54, 1.807) is 14.2 Å². The Kier molecular flexibility index (Phi) is 9.32. The number of methoxy groups -OCH3 is 2. The molecule has 0 aliphatic carbocycles. The molecule has 2 N–H and O–H groups in total. The third kappa shape index (κ3) is 6.79. The standard InChI is InChI=1S/C20H32N4O4S.HI/c1-4-21-20(22-12-15-6-8-29(25,26)14-15)23-16-5-7-24(13-16)17-9-18(27-2)11-19(10-17)28-3;/h9-11,15-16H,4-8,12-14H2,1-3H3,(H2,21,22,23);1H. The van der Waals surface area contributed by atoms with Gasteiger partial charge in [-0.3, -0.25) is 4.99 Å². The SMILES string of the molecule is CCNC(=NCC1CCS(=O)(=O)C1)NC1CCN(c2cc(OC)cc(OC)c2)C1.I. The molecule has 0 saturated carbocycles. The van der Waals surface area contributed by atoms with E-state index in [2.05, 4.69) is 20.5 Å². The summed E-state index contributed by atoms with van der Waals surface area (Å²) >= 11 is 0.